The number of Topliss-reactive ketones (excluding diaryl/α,β-unsaturated/α-hetero) is 1. The van der Waals surface area contributed by atoms with E-state index in [2.05, 4.69) is 18.7 Å². The van der Waals surface area contributed by atoms with Gasteiger partial charge in [0, 0.05) is 17.1 Å². The van der Waals surface area contributed by atoms with Gasteiger partial charge < -0.3 is 19.6 Å². The molecule has 6 nitrogen and oxygen atoms in total. The molecular formula is C27H33ClN2O4. The maximum atomic E-state index is 13.1. The molecule has 2 aromatic carbocycles. The topological polar surface area (TPSA) is 70.1 Å². The highest BCUT2D eigenvalue weighted by Gasteiger charge is 2.45. The van der Waals surface area contributed by atoms with Crippen molar-refractivity contribution in [2.24, 2.45) is 0 Å². The Balaban J connectivity index is 2.01. The van der Waals surface area contributed by atoms with E-state index in [0.29, 0.717) is 22.9 Å². The Morgan fingerprint density at radius 1 is 1.06 bits per heavy atom. The lowest BCUT2D eigenvalue weighted by atomic mass is 9.95. The lowest BCUT2D eigenvalue weighted by Crippen LogP contribution is -2.33. The molecule has 0 aliphatic carbocycles. The average molecular weight is 485 g/mol. The summed E-state index contributed by atoms with van der Waals surface area (Å²) in [6.07, 6.45) is 0.752. The molecule has 0 saturated carbocycles. The highest BCUT2D eigenvalue weighted by atomic mass is 35.5. The molecule has 7 heteroatoms. The minimum Gasteiger partial charge on any atom is -0.507 e. The van der Waals surface area contributed by atoms with Gasteiger partial charge in [-0.3, -0.25) is 9.59 Å². The standard InChI is InChI=1S/C27H33ClN2O4/c1-5-29(6-2)16-7-17-30-24(19-10-14-22(15-11-19)34-18(3)4)23(26(32)27(30)33)25(31)20-8-12-21(28)13-9-20/h8-15,18,24,31H,5-7,16-17H2,1-4H3/b25-23+/t24-/m1/s1. The second-order valence-corrected chi connectivity index (χ2v) is 9.05. The van der Waals surface area contributed by atoms with Crippen LogP contribution in [0.4, 0.5) is 0 Å². The zero-order chi connectivity index (χ0) is 24.8. The maximum Gasteiger partial charge on any atom is 0.295 e. The fourth-order valence-electron chi connectivity index (χ4n) is 4.23. The van der Waals surface area contributed by atoms with E-state index in [-0.39, 0.29) is 17.4 Å². The van der Waals surface area contributed by atoms with Gasteiger partial charge in [-0.15, -0.1) is 0 Å². The Morgan fingerprint density at radius 2 is 1.68 bits per heavy atom. The fourth-order valence-corrected chi connectivity index (χ4v) is 4.35. The van der Waals surface area contributed by atoms with Crippen molar-refractivity contribution in [3.63, 3.8) is 0 Å². The van der Waals surface area contributed by atoms with Gasteiger partial charge in [0.25, 0.3) is 11.7 Å². The minimum absolute atomic E-state index is 0.0291. The van der Waals surface area contributed by atoms with E-state index in [9.17, 15) is 14.7 Å². The molecule has 3 rings (SSSR count). The quantitative estimate of drug-likeness (QED) is 0.282. The first-order valence-electron chi connectivity index (χ1n) is 11.8. The average Bonchev–Trinajstić information content (AvgIpc) is 3.07. The molecule has 34 heavy (non-hydrogen) atoms. The zero-order valence-corrected chi connectivity index (χ0v) is 21.0. The first-order valence-corrected chi connectivity index (χ1v) is 12.2. The molecular weight excluding hydrogens is 452 g/mol. The maximum absolute atomic E-state index is 13.1. The monoisotopic (exact) mass is 484 g/mol. The minimum atomic E-state index is -0.680. The van der Waals surface area contributed by atoms with Crippen LogP contribution in [0.25, 0.3) is 5.76 Å². The molecule has 0 unspecified atom stereocenters. The molecule has 1 aliphatic heterocycles. The van der Waals surface area contributed by atoms with Crippen LogP contribution in [0.15, 0.2) is 54.1 Å². The predicted octanol–water partition coefficient (Wildman–Crippen LogP) is 5.28. The number of halogens is 1. The first kappa shape index (κ1) is 25.8. The van der Waals surface area contributed by atoms with Crippen LogP contribution < -0.4 is 4.74 Å². The summed E-state index contributed by atoms with van der Waals surface area (Å²) < 4.78 is 5.74. The summed E-state index contributed by atoms with van der Waals surface area (Å²) in [5.41, 5.74) is 1.27. The Hall–Kier alpha value is -2.83. The first-order chi connectivity index (χ1) is 16.3. The number of aliphatic hydroxyl groups is 1. The number of ketones is 1. The lowest BCUT2D eigenvalue weighted by molar-refractivity contribution is -0.140. The zero-order valence-electron chi connectivity index (χ0n) is 20.3. The van der Waals surface area contributed by atoms with Crippen molar-refractivity contribution in [2.75, 3.05) is 26.2 Å². The summed E-state index contributed by atoms with van der Waals surface area (Å²) in [4.78, 5) is 30.1. The molecule has 182 valence electrons. The van der Waals surface area contributed by atoms with Crippen molar-refractivity contribution >= 4 is 29.1 Å². The van der Waals surface area contributed by atoms with E-state index in [4.69, 9.17) is 16.3 Å². The molecule has 1 atom stereocenters. The molecule has 1 fully saturated rings. The SMILES string of the molecule is CCN(CC)CCCN1C(=O)C(=O)/C(=C(/O)c2ccc(Cl)cc2)[C@H]1c1ccc(OC(C)C)cc1. The van der Waals surface area contributed by atoms with Crippen LogP contribution in [0.2, 0.25) is 5.02 Å². The van der Waals surface area contributed by atoms with Gasteiger partial charge in [-0.1, -0.05) is 37.6 Å². The van der Waals surface area contributed by atoms with Crippen LogP contribution in [0.3, 0.4) is 0 Å². The van der Waals surface area contributed by atoms with Crippen LogP contribution in [0.5, 0.6) is 5.75 Å². The number of benzene rings is 2. The third-order valence-corrected chi connectivity index (χ3v) is 6.25. The summed E-state index contributed by atoms with van der Waals surface area (Å²) in [7, 11) is 0. The fraction of sp³-hybridized carbons (Fsp3) is 0.407. The summed E-state index contributed by atoms with van der Waals surface area (Å²) in [5, 5.41) is 11.6. The Bertz CT molecular complexity index is 1030. The van der Waals surface area contributed by atoms with Crippen LogP contribution in [-0.4, -0.2) is 58.9 Å². The van der Waals surface area contributed by atoms with Crippen LogP contribution in [0.1, 0.15) is 51.3 Å². The van der Waals surface area contributed by atoms with Gasteiger partial charge in [0.05, 0.1) is 17.7 Å². The van der Waals surface area contributed by atoms with Crippen molar-refractivity contribution in [1.82, 2.24) is 9.80 Å². The van der Waals surface area contributed by atoms with E-state index in [1.54, 1.807) is 29.2 Å². The van der Waals surface area contributed by atoms with Crippen molar-refractivity contribution in [3.8, 4) is 5.75 Å². The van der Waals surface area contributed by atoms with Crippen molar-refractivity contribution in [3.05, 3.63) is 70.3 Å². The van der Waals surface area contributed by atoms with Gasteiger partial charge in [-0.2, -0.15) is 0 Å². The van der Waals surface area contributed by atoms with Gasteiger partial charge in [0.1, 0.15) is 11.5 Å². The predicted molar refractivity (Wildman–Crippen MR) is 135 cm³/mol. The van der Waals surface area contributed by atoms with Gasteiger partial charge in [-0.25, -0.2) is 0 Å². The number of likely N-dealkylation sites (tertiary alicyclic amines) is 1. The highest BCUT2D eigenvalue weighted by molar-refractivity contribution is 6.46. The van der Waals surface area contributed by atoms with Crippen molar-refractivity contribution < 1.29 is 19.4 Å². The van der Waals surface area contributed by atoms with Crippen LogP contribution in [0, 0.1) is 0 Å². The second-order valence-electron chi connectivity index (χ2n) is 8.62. The van der Waals surface area contributed by atoms with Crippen molar-refractivity contribution in [2.45, 2.75) is 46.3 Å². The lowest BCUT2D eigenvalue weighted by Gasteiger charge is -2.27. The van der Waals surface area contributed by atoms with Gasteiger partial charge in [-0.05, 0) is 81.9 Å². The van der Waals surface area contributed by atoms with E-state index in [1.807, 2.05) is 38.1 Å². The van der Waals surface area contributed by atoms with E-state index < -0.39 is 17.7 Å². The molecule has 0 bridgehead atoms. The smallest absolute Gasteiger partial charge is 0.295 e. The number of hydrogen-bond acceptors (Lipinski definition) is 5. The molecule has 0 radical (unpaired) electrons. The second kappa shape index (κ2) is 11.5. The number of aliphatic hydroxyl groups excluding tert-OH is 1. The normalized spacial score (nSPS) is 17.7. The number of rotatable bonds is 10. The van der Waals surface area contributed by atoms with E-state index in [0.717, 1.165) is 31.6 Å². The van der Waals surface area contributed by atoms with Crippen LogP contribution >= 0.6 is 11.6 Å². The third-order valence-electron chi connectivity index (χ3n) is 5.99. The van der Waals surface area contributed by atoms with E-state index >= 15 is 0 Å². The van der Waals surface area contributed by atoms with Gasteiger partial charge in [0.15, 0.2) is 0 Å². The molecule has 0 spiro atoms. The van der Waals surface area contributed by atoms with Gasteiger partial charge >= 0.3 is 0 Å². The number of hydrogen-bond donors (Lipinski definition) is 1. The van der Waals surface area contributed by atoms with E-state index in [1.165, 1.54) is 0 Å². The molecule has 1 aliphatic rings. The number of ether oxygens (including phenoxy) is 1. The molecule has 1 heterocycles. The molecule has 1 amide bonds. The van der Waals surface area contributed by atoms with Crippen LogP contribution in [-0.2, 0) is 9.59 Å². The molecule has 1 saturated heterocycles. The summed E-state index contributed by atoms with van der Waals surface area (Å²) in [5.74, 6) is -0.769. The number of carbonyl (C=O) groups excluding carboxylic acids is 2. The molecule has 2 aromatic rings. The Morgan fingerprint density at radius 3 is 2.24 bits per heavy atom. The molecule has 1 N–H and O–H groups in total. The summed E-state index contributed by atoms with van der Waals surface area (Å²) in [6.45, 7) is 11.2. The number of nitrogens with zero attached hydrogens (tertiary/aromatic N) is 2. The number of carbonyl (C=O) groups is 2. The summed E-state index contributed by atoms with van der Waals surface area (Å²) in [6, 6.07) is 13.2. The Kier molecular flexibility index (Phi) is 8.75. The Labute approximate surface area is 206 Å². The van der Waals surface area contributed by atoms with Crippen molar-refractivity contribution in [1.29, 1.82) is 0 Å². The highest BCUT2D eigenvalue weighted by Crippen LogP contribution is 2.40. The molecule has 0 aromatic heterocycles. The largest absolute Gasteiger partial charge is 0.507 e. The number of amides is 1. The summed E-state index contributed by atoms with van der Waals surface area (Å²) >= 11 is 5.99. The van der Waals surface area contributed by atoms with Gasteiger partial charge in [0.2, 0.25) is 0 Å². The third kappa shape index (κ3) is 5.80.